The summed E-state index contributed by atoms with van der Waals surface area (Å²) in [5, 5.41) is 0. The minimum atomic E-state index is 0. The third kappa shape index (κ3) is 9.51. The first-order valence-electron chi connectivity index (χ1n) is 13.1. The molecule has 1 aromatic carbocycles. The largest absolute Gasteiger partial charge is 1.00 e. The van der Waals surface area contributed by atoms with Crippen LogP contribution >= 0.6 is 0 Å². The first kappa shape index (κ1) is 29.9. The van der Waals surface area contributed by atoms with Crippen molar-refractivity contribution in [1.29, 1.82) is 0 Å². The molecule has 2 nitrogen and oxygen atoms in total. The molecule has 0 amide bonds. The summed E-state index contributed by atoms with van der Waals surface area (Å²) in [5.74, 6) is 0.990. The number of rotatable bonds is 18. The van der Waals surface area contributed by atoms with E-state index in [4.69, 9.17) is 4.74 Å². The molecule has 0 aliphatic heterocycles. The Morgan fingerprint density at radius 3 is 1.84 bits per heavy atom. The molecule has 0 heterocycles. The van der Waals surface area contributed by atoms with Gasteiger partial charge in [-0.3, -0.25) is 0 Å². The second-order valence-electron chi connectivity index (χ2n) is 9.51. The summed E-state index contributed by atoms with van der Waals surface area (Å²) in [5.41, 5.74) is 1.80. The number of quaternary nitrogens is 1. The number of benzene rings is 1. The maximum absolute atomic E-state index is 5.62. The lowest BCUT2D eigenvalue weighted by atomic mass is 9.84. The van der Waals surface area contributed by atoms with Gasteiger partial charge >= 0.3 is 0 Å². The van der Waals surface area contributed by atoms with Gasteiger partial charge in [-0.15, -0.1) is 0 Å². The van der Waals surface area contributed by atoms with Crippen LogP contribution in [0.4, 0.5) is 0 Å². The van der Waals surface area contributed by atoms with E-state index in [2.05, 4.69) is 58.9 Å². The summed E-state index contributed by atoms with van der Waals surface area (Å²) in [6, 6.07) is 8.81. The van der Waals surface area contributed by atoms with Crippen molar-refractivity contribution in [3.63, 3.8) is 0 Å². The zero-order chi connectivity index (χ0) is 22.3. The molecule has 0 aliphatic rings. The van der Waals surface area contributed by atoms with Crippen LogP contribution in [-0.2, 0) is 6.42 Å². The lowest BCUT2D eigenvalue weighted by Crippen LogP contribution is -3.00. The summed E-state index contributed by atoms with van der Waals surface area (Å²) in [7, 11) is 0. The van der Waals surface area contributed by atoms with E-state index in [1.807, 2.05) is 6.92 Å². The molecule has 1 rings (SSSR count). The third-order valence-electron chi connectivity index (χ3n) is 7.34. The van der Waals surface area contributed by atoms with E-state index in [0.29, 0.717) is 5.54 Å². The van der Waals surface area contributed by atoms with Crippen molar-refractivity contribution in [2.24, 2.45) is 0 Å². The Labute approximate surface area is 193 Å². The summed E-state index contributed by atoms with van der Waals surface area (Å²) in [4.78, 5) is 0. The number of hydrogen-bond donors (Lipinski definition) is 0. The Morgan fingerprint density at radius 1 is 0.742 bits per heavy atom. The average Bonchev–Trinajstić information content (AvgIpc) is 2.75. The Hall–Kier alpha value is -1.09. The predicted molar refractivity (Wildman–Crippen MR) is 133 cm³/mol. The Bertz CT molecular complexity index is 538. The van der Waals surface area contributed by atoms with Crippen LogP contribution in [0.5, 0.6) is 5.75 Å². The van der Waals surface area contributed by atoms with Crippen molar-refractivity contribution < 1.29 is 13.9 Å². The van der Waals surface area contributed by atoms with Gasteiger partial charge in [-0.05, 0) is 70.1 Å². The first-order chi connectivity index (χ1) is 14.5. The van der Waals surface area contributed by atoms with Gasteiger partial charge in [0.1, 0.15) is 5.75 Å². The molecule has 1 atom stereocenters. The molecule has 0 saturated heterocycles. The number of ether oxygens (including phenoxy) is 1. The number of nitrogens with zero attached hydrogens (tertiary/aromatic N) is 1. The number of aryl methyl sites for hydroxylation is 1. The van der Waals surface area contributed by atoms with Gasteiger partial charge in [-0.1, -0.05) is 65.5 Å². The van der Waals surface area contributed by atoms with E-state index in [1.54, 1.807) is 0 Å². The smallest absolute Gasteiger partial charge is 0.119 e. The maximum Gasteiger partial charge on any atom is 0.119 e. The van der Waals surface area contributed by atoms with Crippen LogP contribution in [-0.4, -0.2) is 36.3 Å². The first-order valence-corrected chi connectivity index (χ1v) is 13.1. The van der Waals surface area contributed by atoms with Crippen molar-refractivity contribution in [2.75, 3.05) is 26.2 Å². The molecule has 1 unspecified atom stereocenters. The highest BCUT2D eigenvalue weighted by Gasteiger charge is 2.43. The van der Waals surface area contributed by atoms with Gasteiger partial charge in [0, 0.05) is 6.42 Å². The van der Waals surface area contributed by atoms with Crippen molar-refractivity contribution >= 4 is 0 Å². The van der Waals surface area contributed by atoms with E-state index >= 15 is 0 Å². The molecule has 0 aromatic heterocycles. The molecule has 3 heteroatoms. The molecule has 0 radical (unpaired) electrons. The van der Waals surface area contributed by atoms with E-state index < -0.39 is 0 Å². The molecular weight excluding hydrogens is 385 g/mol. The summed E-state index contributed by atoms with van der Waals surface area (Å²) in [6.45, 7) is 18.9. The quantitative estimate of drug-likeness (QED) is 0.227. The SMILES string of the molecule is CCCCCCCC[N+](CCC)(CCC)C(C)(CC)CCc1ccc(OCC)cc1.[F-]. The van der Waals surface area contributed by atoms with Crippen molar-refractivity contribution in [1.82, 2.24) is 0 Å². The molecule has 0 spiro atoms. The fourth-order valence-corrected chi connectivity index (χ4v) is 5.28. The topological polar surface area (TPSA) is 9.23 Å². The van der Waals surface area contributed by atoms with Crippen molar-refractivity contribution in [2.45, 2.75) is 118 Å². The lowest BCUT2D eigenvalue weighted by molar-refractivity contribution is -0.975. The van der Waals surface area contributed by atoms with Crippen LogP contribution in [0.3, 0.4) is 0 Å². The predicted octanol–water partition coefficient (Wildman–Crippen LogP) is 5.19. The van der Waals surface area contributed by atoms with E-state index in [-0.39, 0.29) is 4.70 Å². The molecule has 0 N–H and O–H groups in total. The van der Waals surface area contributed by atoms with Crippen LogP contribution in [0.15, 0.2) is 24.3 Å². The Balaban J connectivity index is 0.00000900. The summed E-state index contributed by atoms with van der Waals surface area (Å²) in [6.07, 6.45) is 14.6. The van der Waals surface area contributed by atoms with Crippen LogP contribution < -0.4 is 9.44 Å². The zero-order valence-electron chi connectivity index (χ0n) is 21.6. The average molecular weight is 438 g/mol. The highest BCUT2D eigenvalue weighted by atomic mass is 19.0. The molecule has 182 valence electrons. The van der Waals surface area contributed by atoms with Crippen LogP contribution in [0.2, 0.25) is 0 Å². The monoisotopic (exact) mass is 437 g/mol. The lowest BCUT2D eigenvalue weighted by Gasteiger charge is -2.52. The molecule has 0 saturated carbocycles. The molecule has 0 fully saturated rings. The van der Waals surface area contributed by atoms with E-state index in [1.165, 1.54) is 100 Å². The number of unbranched alkanes of at least 4 members (excludes halogenated alkanes) is 5. The van der Waals surface area contributed by atoms with Crippen LogP contribution in [0.1, 0.15) is 111 Å². The minimum absolute atomic E-state index is 0. The van der Waals surface area contributed by atoms with Gasteiger partial charge in [0.15, 0.2) is 0 Å². The molecule has 31 heavy (non-hydrogen) atoms. The second-order valence-corrected chi connectivity index (χ2v) is 9.51. The molecule has 0 bridgehead atoms. The highest BCUT2D eigenvalue weighted by Crippen LogP contribution is 2.35. The Morgan fingerprint density at radius 2 is 1.32 bits per heavy atom. The molecular formula is C28H52FNO. The van der Waals surface area contributed by atoms with Crippen LogP contribution in [0, 0.1) is 0 Å². The number of hydrogen-bond acceptors (Lipinski definition) is 1. The van der Waals surface area contributed by atoms with E-state index in [0.717, 1.165) is 12.4 Å². The fraction of sp³-hybridized carbons (Fsp3) is 0.786. The molecule has 1 aromatic rings. The summed E-state index contributed by atoms with van der Waals surface area (Å²) >= 11 is 0. The van der Waals surface area contributed by atoms with Gasteiger partial charge in [0.2, 0.25) is 0 Å². The maximum atomic E-state index is 5.62. The van der Waals surface area contributed by atoms with Gasteiger partial charge in [0.25, 0.3) is 0 Å². The molecule has 0 aliphatic carbocycles. The van der Waals surface area contributed by atoms with Crippen molar-refractivity contribution in [3.8, 4) is 5.75 Å². The van der Waals surface area contributed by atoms with E-state index in [9.17, 15) is 0 Å². The summed E-state index contributed by atoms with van der Waals surface area (Å²) < 4.78 is 6.94. The second kappa shape index (κ2) is 16.5. The standard InChI is InChI=1S/C28H52NO.FH/c1-7-12-13-14-15-16-25-29(23-8-2,24-9-3)28(6,10-4)22-21-26-17-19-27(20-18-26)30-11-5;/h17-20H,7-16,21-25H2,1-6H3;1H/q+1;/p-1. The van der Waals surface area contributed by atoms with Gasteiger partial charge in [-0.25, -0.2) is 0 Å². The minimum Gasteiger partial charge on any atom is -1.00 e. The zero-order valence-corrected chi connectivity index (χ0v) is 21.6. The Kier molecular flexibility index (Phi) is 15.9. The fourth-order valence-electron chi connectivity index (χ4n) is 5.28. The van der Waals surface area contributed by atoms with Gasteiger partial charge in [-0.2, -0.15) is 0 Å². The highest BCUT2D eigenvalue weighted by molar-refractivity contribution is 5.27. The van der Waals surface area contributed by atoms with Gasteiger partial charge in [0.05, 0.1) is 31.8 Å². The van der Waals surface area contributed by atoms with Crippen molar-refractivity contribution in [3.05, 3.63) is 29.8 Å². The normalized spacial score (nSPS) is 13.5. The number of halogens is 1. The van der Waals surface area contributed by atoms with Crippen LogP contribution in [0.25, 0.3) is 0 Å². The third-order valence-corrected chi connectivity index (χ3v) is 7.34. The van der Waals surface area contributed by atoms with Gasteiger partial charge < -0.3 is 13.9 Å².